The molecule has 0 atom stereocenters. The van der Waals surface area contributed by atoms with Gasteiger partial charge in [-0.2, -0.15) is 0 Å². The largest absolute Gasteiger partial charge is 0.385 e. The average Bonchev–Trinajstić information content (AvgIpc) is 2.71. The molecule has 0 bridgehead atoms. The van der Waals surface area contributed by atoms with Crippen molar-refractivity contribution in [3.8, 4) is 11.3 Å². The number of benzene rings is 1. The van der Waals surface area contributed by atoms with Crippen LogP contribution in [-0.4, -0.2) is 11.5 Å². The maximum atomic E-state index is 4.28. The molecule has 0 unspecified atom stereocenters. The second-order valence-corrected chi connectivity index (χ2v) is 3.70. The van der Waals surface area contributed by atoms with Gasteiger partial charge in [-0.15, -0.1) is 11.3 Å². The molecule has 14 heavy (non-hydrogen) atoms. The Kier molecular flexibility index (Phi) is 2.79. The lowest BCUT2D eigenvalue weighted by Gasteiger charge is -2.04. The Morgan fingerprint density at radius 2 is 2.36 bits per heavy atom. The van der Waals surface area contributed by atoms with E-state index in [9.17, 15) is 0 Å². The highest BCUT2D eigenvalue weighted by Crippen LogP contribution is 2.21. The monoisotopic (exact) mass is 204 g/mol. The van der Waals surface area contributed by atoms with Crippen LogP contribution in [0.1, 0.15) is 6.92 Å². The molecule has 0 saturated heterocycles. The molecule has 3 heteroatoms. The van der Waals surface area contributed by atoms with Crippen molar-refractivity contribution in [2.45, 2.75) is 6.92 Å². The van der Waals surface area contributed by atoms with Crippen molar-refractivity contribution in [3.05, 3.63) is 35.2 Å². The molecule has 0 fully saturated rings. The third kappa shape index (κ3) is 1.93. The smallest absolute Gasteiger partial charge is 0.0811 e. The first-order valence-electron chi connectivity index (χ1n) is 4.62. The summed E-state index contributed by atoms with van der Waals surface area (Å²) in [5, 5.41) is 5.35. The molecule has 1 aromatic heterocycles. The summed E-state index contributed by atoms with van der Waals surface area (Å²) in [5.41, 5.74) is 5.23. The zero-order valence-electron chi connectivity index (χ0n) is 8.03. The molecule has 0 aliphatic heterocycles. The number of nitrogens with one attached hydrogen (secondary N) is 1. The quantitative estimate of drug-likeness (QED) is 0.830. The van der Waals surface area contributed by atoms with Crippen LogP contribution >= 0.6 is 11.3 Å². The molecule has 2 aromatic rings. The van der Waals surface area contributed by atoms with Gasteiger partial charge < -0.3 is 5.32 Å². The van der Waals surface area contributed by atoms with Gasteiger partial charge in [0.1, 0.15) is 0 Å². The lowest BCUT2D eigenvalue weighted by molar-refractivity contribution is 1.21. The van der Waals surface area contributed by atoms with Crippen LogP contribution in [0.5, 0.6) is 0 Å². The van der Waals surface area contributed by atoms with E-state index in [0.29, 0.717) is 0 Å². The SMILES string of the molecule is CCNc1cccc(-c2cscn2)c1. The zero-order valence-corrected chi connectivity index (χ0v) is 8.84. The van der Waals surface area contributed by atoms with Crippen molar-refractivity contribution in [1.29, 1.82) is 0 Å². The van der Waals surface area contributed by atoms with Crippen LogP contribution in [0, 0.1) is 0 Å². The Morgan fingerprint density at radius 1 is 1.43 bits per heavy atom. The van der Waals surface area contributed by atoms with E-state index in [0.717, 1.165) is 17.9 Å². The fourth-order valence-corrected chi connectivity index (χ4v) is 1.91. The van der Waals surface area contributed by atoms with E-state index in [4.69, 9.17) is 0 Å². The van der Waals surface area contributed by atoms with Crippen LogP contribution in [-0.2, 0) is 0 Å². The maximum absolute atomic E-state index is 4.28. The van der Waals surface area contributed by atoms with E-state index in [2.05, 4.69) is 40.8 Å². The van der Waals surface area contributed by atoms with E-state index in [1.807, 2.05) is 11.6 Å². The van der Waals surface area contributed by atoms with Crippen molar-refractivity contribution < 1.29 is 0 Å². The molecule has 1 heterocycles. The van der Waals surface area contributed by atoms with E-state index in [1.165, 1.54) is 5.56 Å². The van der Waals surface area contributed by atoms with Crippen molar-refractivity contribution >= 4 is 17.0 Å². The third-order valence-corrected chi connectivity index (χ3v) is 2.56. The van der Waals surface area contributed by atoms with Gasteiger partial charge in [0.15, 0.2) is 0 Å². The van der Waals surface area contributed by atoms with E-state index >= 15 is 0 Å². The molecule has 0 radical (unpaired) electrons. The van der Waals surface area contributed by atoms with Gasteiger partial charge in [0.05, 0.1) is 11.2 Å². The van der Waals surface area contributed by atoms with Crippen LogP contribution < -0.4 is 5.32 Å². The molecule has 0 aliphatic rings. The molecule has 1 aromatic carbocycles. The van der Waals surface area contributed by atoms with Crippen molar-refractivity contribution in [3.63, 3.8) is 0 Å². The third-order valence-electron chi connectivity index (χ3n) is 1.97. The highest BCUT2D eigenvalue weighted by Gasteiger charge is 1.99. The van der Waals surface area contributed by atoms with Gasteiger partial charge in [-0.1, -0.05) is 12.1 Å². The van der Waals surface area contributed by atoms with Gasteiger partial charge in [-0.25, -0.2) is 4.98 Å². The summed E-state index contributed by atoms with van der Waals surface area (Å²) in [7, 11) is 0. The van der Waals surface area contributed by atoms with Crippen LogP contribution in [0.25, 0.3) is 11.3 Å². The first kappa shape index (κ1) is 9.21. The Hall–Kier alpha value is -1.35. The number of anilines is 1. The fraction of sp³-hybridized carbons (Fsp3) is 0.182. The molecule has 1 N–H and O–H groups in total. The second kappa shape index (κ2) is 4.24. The Bertz CT molecular complexity index is 395. The predicted molar refractivity (Wildman–Crippen MR) is 61.7 cm³/mol. The first-order chi connectivity index (χ1) is 6.90. The highest BCUT2D eigenvalue weighted by atomic mass is 32.1. The van der Waals surface area contributed by atoms with Crippen LogP contribution in [0.2, 0.25) is 0 Å². The van der Waals surface area contributed by atoms with Gasteiger partial charge in [-0.3, -0.25) is 0 Å². The molecular weight excluding hydrogens is 192 g/mol. The molecule has 72 valence electrons. The Labute approximate surface area is 87.6 Å². The van der Waals surface area contributed by atoms with Gasteiger partial charge in [0.25, 0.3) is 0 Å². The van der Waals surface area contributed by atoms with Crippen molar-refractivity contribution in [1.82, 2.24) is 4.98 Å². The summed E-state index contributed by atoms with van der Waals surface area (Å²) >= 11 is 1.62. The van der Waals surface area contributed by atoms with E-state index in [-0.39, 0.29) is 0 Å². The van der Waals surface area contributed by atoms with E-state index < -0.39 is 0 Å². The lowest BCUT2D eigenvalue weighted by atomic mass is 10.1. The van der Waals surface area contributed by atoms with Crippen molar-refractivity contribution in [2.24, 2.45) is 0 Å². The van der Waals surface area contributed by atoms with Crippen LogP contribution in [0.15, 0.2) is 35.2 Å². The summed E-state index contributed by atoms with van der Waals surface area (Å²) in [5.74, 6) is 0. The second-order valence-electron chi connectivity index (χ2n) is 2.98. The molecule has 2 rings (SSSR count). The van der Waals surface area contributed by atoms with Gasteiger partial charge >= 0.3 is 0 Å². The number of thiazole rings is 1. The first-order valence-corrected chi connectivity index (χ1v) is 5.57. The minimum atomic E-state index is 0.945. The maximum Gasteiger partial charge on any atom is 0.0811 e. The molecule has 0 aliphatic carbocycles. The molecule has 0 amide bonds. The minimum absolute atomic E-state index is 0.945. The van der Waals surface area contributed by atoms with Crippen LogP contribution in [0.3, 0.4) is 0 Å². The normalized spacial score (nSPS) is 10.1. The number of rotatable bonds is 3. The standard InChI is InChI=1S/C11H12N2S/c1-2-12-10-5-3-4-9(6-10)11-7-14-8-13-11/h3-8,12H,2H2,1H3. The fourth-order valence-electron chi connectivity index (χ4n) is 1.35. The summed E-state index contributed by atoms with van der Waals surface area (Å²) < 4.78 is 0. The Morgan fingerprint density at radius 3 is 3.07 bits per heavy atom. The van der Waals surface area contributed by atoms with Crippen molar-refractivity contribution in [2.75, 3.05) is 11.9 Å². The summed E-state index contributed by atoms with van der Waals surface area (Å²) in [6.45, 7) is 3.04. The van der Waals surface area contributed by atoms with E-state index in [1.54, 1.807) is 11.3 Å². The zero-order chi connectivity index (χ0) is 9.80. The minimum Gasteiger partial charge on any atom is -0.385 e. The average molecular weight is 204 g/mol. The highest BCUT2D eigenvalue weighted by molar-refractivity contribution is 7.07. The summed E-state index contributed by atoms with van der Waals surface area (Å²) in [6.07, 6.45) is 0. The Balaban J connectivity index is 2.31. The summed E-state index contributed by atoms with van der Waals surface area (Å²) in [4.78, 5) is 4.28. The number of hydrogen-bond donors (Lipinski definition) is 1. The predicted octanol–water partition coefficient (Wildman–Crippen LogP) is 3.24. The number of hydrogen-bond acceptors (Lipinski definition) is 3. The van der Waals surface area contributed by atoms with Gasteiger partial charge in [0, 0.05) is 23.2 Å². The molecule has 0 spiro atoms. The van der Waals surface area contributed by atoms with Gasteiger partial charge in [-0.05, 0) is 19.1 Å². The summed E-state index contributed by atoms with van der Waals surface area (Å²) in [6, 6.07) is 8.32. The lowest BCUT2D eigenvalue weighted by Crippen LogP contribution is -1.95. The molecular formula is C11H12N2S. The molecule has 0 saturated carbocycles. The molecule has 2 nitrogen and oxygen atoms in total. The number of nitrogens with zero attached hydrogens (tertiary/aromatic N) is 1. The topological polar surface area (TPSA) is 24.9 Å². The van der Waals surface area contributed by atoms with Crippen LogP contribution in [0.4, 0.5) is 5.69 Å². The van der Waals surface area contributed by atoms with Gasteiger partial charge in [0.2, 0.25) is 0 Å². The number of aromatic nitrogens is 1.